The largest absolute Gasteiger partial charge is 0.481 e. The number of ether oxygens (including phenoxy) is 2. The van der Waals surface area contributed by atoms with Gasteiger partial charge in [-0.25, -0.2) is 4.79 Å². The van der Waals surface area contributed by atoms with Crippen LogP contribution in [0, 0.1) is 0 Å². The second kappa shape index (κ2) is 12.6. The third-order valence-electron chi connectivity index (χ3n) is 2.56. The van der Waals surface area contributed by atoms with Gasteiger partial charge in [0.25, 0.3) is 0 Å². The number of hydrogen-bond acceptors (Lipinski definition) is 7. The van der Waals surface area contributed by atoms with Crippen molar-refractivity contribution < 1.29 is 49.4 Å². The molecule has 0 aromatic carbocycles. The van der Waals surface area contributed by atoms with Gasteiger partial charge in [0.2, 0.25) is 0 Å². The van der Waals surface area contributed by atoms with E-state index in [0.717, 1.165) is 0 Å². The summed E-state index contributed by atoms with van der Waals surface area (Å²) in [5, 5.41) is 42.9. The lowest BCUT2D eigenvalue weighted by Gasteiger charge is -2.25. The lowest BCUT2D eigenvalue weighted by molar-refractivity contribution is -0.177. The van der Waals surface area contributed by atoms with Crippen molar-refractivity contribution in [2.75, 3.05) is 19.8 Å². The maximum Gasteiger partial charge on any atom is 0.337 e. The molecule has 0 bridgehead atoms. The van der Waals surface area contributed by atoms with Crippen LogP contribution < -0.4 is 0 Å². The Balaban J connectivity index is 0. The SMILES string of the molecule is CC(O)COC(C)CO.CCOC(CC(=O)O)(CC(=O)O)C(=O)O. The predicted octanol–water partition coefficient (Wildman–Crippen LogP) is -0.440. The van der Waals surface area contributed by atoms with Crippen LogP contribution >= 0.6 is 0 Å². The van der Waals surface area contributed by atoms with Gasteiger partial charge in [-0.3, -0.25) is 9.59 Å². The Morgan fingerprint density at radius 2 is 1.50 bits per heavy atom. The molecule has 2 unspecified atom stereocenters. The Morgan fingerprint density at radius 3 is 1.75 bits per heavy atom. The van der Waals surface area contributed by atoms with E-state index in [4.69, 9.17) is 35.0 Å². The van der Waals surface area contributed by atoms with Crippen molar-refractivity contribution in [2.45, 2.75) is 51.4 Å². The van der Waals surface area contributed by atoms with Gasteiger partial charge in [0.1, 0.15) is 0 Å². The molecule has 0 amide bonds. The van der Waals surface area contributed by atoms with E-state index in [2.05, 4.69) is 0 Å². The zero-order valence-electron chi connectivity index (χ0n) is 14.0. The molecule has 0 aromatic rings. The second-order valence-corrected chi connectivity index (χ2v) is 5.05. The smallest absolute Gasteiger partial charge is 0.337 e. The first-order chi connectivity index (χ1) is 11.0. The highest BCUT2D eigenvalue weighted by Crippen LogP contribution is 2.21. The van der Waals surface area contributed by atoms with Gasteiger partial charge in [-0.2, -0.15) is 0 Å². The summed E-state index contributed by atoms with van der Waals surface area (Å²) in [5.74, 6) is -4.44. The van der Waals surface area contributed by atoms with Gasteiger partial charge in [-0.1, -0.05) is 0 Å². The monoisotopic (exact) mass is 354 g/mol. The molecule has 10 heteroatoms. The van der Waals surface area contributed by atoms with E-state index < -0.39 is 42.5 Å². The van der Waals surface area contributed by atoms with Gasteiger partial charge in [0.15, 0.2) is 5.60 Å². The number of hydrogen-bond donors (Lipinski definition) is 5. The molecule has 10 nitrogen and oxygen atoms in total. The van der Waals surface area contributed by atoms with Crippen molar-refractivity contribution in [3.05, 3.63) is 0 Å². The Morgan fingerprint density at radius 1 is 1.04 bits per heavy atom. The van der Waals surface area contributed by atoms with Gasteiger partial charge in [0, 0.05) is 6.61 Å². The van der Waals surface area contributed by atoms with E-state index >= 15 is 0 Å². The molecule has 5 N–H and O–H groups in total. The Bertz CT molecular complexity index is 377. The van der Waals surface area contributed by atoms with Crippen LogP contribution in [0.3, 0.4) is 0 Å². The highest BCUT2D eigenvalue weighted by atomic mass is 16.5. The minimum absolute atomic E-state index is 0.00667. The minimum atomic E-state index is -2.19. The van der Waals surface area contributed by atoms with Gasteiger partial charge in [-0.05, 0) is 20.8 Å². The van der Waals surface area contributed by atoms with Gasteiger partial charge in [-0.15, -0.1) is 0 Å². The first-order valence-electron chi connectivity index (χ1n) is 7.22. The van der Waals surface area contributed by atoms with Crippen molar-refractivity contribution in [1.82, 2.24) is 0 Å². The van der Waals surface area contributed by atoms with Crippen LogP contribution in [0.25, 0.3) is 0 Å². The molecule has 0 saturated carbocycles. The molecule has 24 heavy (non-hydrogen) atoms. The number of rotatable bonds is 11. The van der Waals surface area contributed by atoms with Crippen LogP contribution in [0.4, 0.5) is 0 Å². The number of carbonyl (C=O) groups is 3. The van der Waals surface area contributed by atoms with E-state index in [1.807, 2.05) is 0 Å². The molecule has 0 fully saturated rings. The summed E-state index contributed by atoms with van der Waals surface area (Å²) in [6.45, 7) is 5.08. The zero-order valence-corrected chi connectivity index (χ0v) is 14.0. The number of aliphatic carboxylic acids is 3. The average molecular weight is 354 g/mol. The van der Waals surface area contributed by atoms with Crippen LogP contribution in [0.15, 0.2) is 0 Å². The molecule has 0 heterocycles. The van der Waals surface area contributed by atoms with E-state index in [9.17, 15) is 14.4 Å². The summed E-state index contributed by atoms with van der Waals surface area (Å²) in [7, 11) is 0. The maximum atomic E-state index is 10.8. The van der Waals surface area contributed by atoms with E-state index in [-0.39, 0.29) is 19.3 Å². The normalized spacial score (nSPS) is 13.4. The summed E-state index contributed by atoms with van der Waals surface area (Å²) >= 11 is 0. The van der Waals surface area contributed by atoms with Crippen molar-refractivity contribution in [1.29, 1.82) is 0 Å². The molecule has 0 aliphatic carbocycles. The minimum Gasteiger partial charge on any atom is -0.481 e. The Labute approximate surface area is 139 Å². The number of aliphatic hydroxyl groups excluding tert-OH is 2. The molecular weight excluding hydrogens is 328 g/mol. The molecule has 142 valence electrons. The summed E-state index contributed by atoms with van der Waals surface area (Å²) in [4.78, 5) is 31.7. The fraction of sp³-hybridized carbons (Fsp3) is 0.786. The van der Waals surface area contributed by atoms with Gasteiger partial charge >= 0.3 is 17.9 Å². The highest BCUT2D eigenvalue weighted by molar-refractivity contribution is 5.88. The predicted molar refractivity (Wildman–Crippen MR) is 80.7 cm³/mol. The van der Waals surface area contributed by atoms with Crippen molar-refractivity contribution in [3.63, 3.8) is 0 Å². The van der Waals surface area contributed by atoms with Crippen molar-refractivity contribution >= 4 is 17.9 Å². The average Bonchev–Trinajstić information content (AvgIpc) is 2.43. The van der Waals surface area contributed by atoms with Gasteiger partial charge in [0.05, 0.1) is 38.3 Å². The highest BCUT2D eigenvalue weighted by Gasteiger charge is 2.44. The van der Waals surface area contributed by atoms with Crippen LogP contribution in [-0.4, -0.2) is 81.1 Å². The second-order valence-electron chi connectivity index (χ2n) is 5.05. The first-order valence-corrected chi connectivity index (χ1v) is 7.22. The molecule has 0 spiro atoms. The van der Waals surface area contributed by atoms with Gasteiger partial charge < -0.3 is 35.0 Å². The van der Waals surface area contributed by atoms with Crippen molar-refractivity contribution in [3.8, 4) is 0 Å². The summed E-state index contributed by atoms with van der Waals surface area (Å²) in [5.41, 5.74) is -2.19. The van der Waals surface area contributed by atoms with Crippen LogP contribution in [0.5, 0.6) is 0 Å². The third kappa shape index (κ3) is 11.8. The molecule has 0 aliphatic rings. The third-order valence-corrected chi connectivity index (χ3v) is 2.56. The summed E-state index contributed by atoms with van der Waals surface area (Å²) < 4.78 is 9.70. The number of carboxylic acids is 3. The molecule has 0 saturated heterocycles. The number of aliphatic hydroxyl groups is 2. The standard InChI is InChI=1S/C8H12O7.C6H14O3/c1-2-15-8(7(13)14,3-5(9)10)4-6(11)12;1-5(8)4-9-6(2)3-7/h2-4H2,1H3,(H,9,10)(H,11,12)(H,13,14);5-8H,3-4H2,1-2H3. The van der Waals surface area contributed by atoms with E-state index in [1.165, 1.54) is 6.92 Å². The topological polar surface area (TPSA) is 171 Å². The van der Waals surface area contributed by atoms with Crippen molar-refractivity contribution in [2.24, 2.45) is 0 Å². The molecule has 0 aliphatic heterocycles. The Hall–Kier alpha value is -1.75. The van der Waals surface area contributed by atoms with E-state index in [0.29, 0.717) is 6.61 Å². The number of carboxylic acid groups (broad SMARTS) is 3. The van der Waals surface area contributed by atoms with Crippen LogP contribution in [0.2, 0.25) is 0 Å². The quantitative estimate of drug-likeness (QED) is 0.327. The molecule has 0 radical (unpaired) electrons. The molecule has 2 atom stereocenters. The van der Waals surface area contributed by atoms with E-state index in [1.54, 1.807) is 13.8 Å². The Kier molecular flexibility index (Phi) is 12.9. The summed E-state index contributed by atoms with van der Waals surface area (Å²) in [6.07, 6.45) is -2.39. The first kappa shape index (κ1) is 24.5. The van der Waals surface area contributed by atoms with Crippen LogP contribution in [-0.2, 0) is 23.9 Å². The maximum absolute atomic E-state index is 10.8. The fourth-order valence-electron chi connectivity index (χ4n) is 1.50. The lowest BCUT2D eigenvalue weighted by atomic mass is 9.95. The molecule has 0 rings (SSSR count). The van der Waals surface area contributed by atoms with Crippen LogP contribution in [0.1, 0.15) is 33.6 Å². The molecule has 0 aromatic heterocycles. The zero-order chi connectivity index (χ0) is 19.3. The molecular formula is C14H26O10. The fourth-order valence-corrected chi connectivity index (χ4v) is 1.50. The summed E-state index contributed by atoms with van der Waals surface area (Å²) in [6, 6.07) is 0. The lowest BCUT2D eigenvalue weighted by Crippen LogP contribution is -2.45.